The highest BCUT2D eigenvalue weighted by Crippen LogP contribution is 2.16. The molecule has 2 rings (SSSR count). The summed E-state index contributed by atoms with van der Waals surface area (Å²) < 4.78 is 16.3. The number of alkyl carbamates (subject to hydrolysis) is 1. The van der Waals surface area contributed by atoms with Gasteiger partial charge in [0.1, 0.15) is 36.2 Å². The van der Waals surface area contributed by atoms with Gasteiger partial charge in [-0.25, -0.2) is 9.59 Å². The molecule has 33 heavy (non-hydrogen) atoms. The third kappa shape index (κ3) is 9.51. The molecule has 0 spiro atoms. The monoisotopic (exact) mass is 459 g/mol. The van der Waals surface area contributed by atoms with Gasteiger partial charge in [0.15, 0.2) is 0 Å². The summed E-state index contributed by atoms with van der Waals surface area (Å²) in [6.07, 6.45) is -2.79. The first kappa shape index (κ1) is 26.2. The van der Waals surface area contributed by atoms with Gasteiger partial charge >= 0.3 is 12.1 Å². The van der Waals surface area contributed by atoms with Crippen molar-refractivity contribution in [1.29, 1.82) is 0 Å². The lowest BCUT2D eigenvalue weighted by molar-refractivity contribution is -0.157. The van der Waals surface area contributed by atoms with Gasteiger partial charge in [-0.05, 0) is 51.0 Å². The van der Waals surface area contributed by atoms with Crippen LogP contribution in [0.5, 0.6) is 5.75 Å². The lowest BCUT2D eigenvalue weighted by Crippen LogP contribution is -2.47. The zero-order valence-electron chi connectivity index (χ0n) is 19.5. The number of rotatable bonds is 10. The average Bonchev–Trinajstić information content (AvgIpc) is 2.76. The van der Waals surface area contributed by atoms with E-state index < -0.39 is 42.5 Å². The molecule has 2 aromatic rings. The minimum Gasteiger partial charge on any atom is -0.489 e. The fourth-order valence-corrected chi connectivity index (χ4v) is 2.83. The van der Waals surface area contributed by atoms with Crippen LogP contribution in [0.25, 0.3) is 0 Å². The molecule has 0 aliphatic carbocycles. The zero-order chi connectivity index (χ0) is 24.4. The molecule has 0 fully saturated rings. The van der Waals surface area contributed by atoms with Crippen molar-refractivity contribution in [3.63, 3.8) is 0 Å². The highest BCUT2D eigenvalue weighted by molar-refractivity contribution is 5.82. The average molecular weight is 460 g/mol. The van der Waals surface area contributed by atoms with E-state index in [2.05, 4.69) is 5.32 Å². The number of hydrogen-bond donors (Lipinski definition) is 3. The van der Waals surface area contributed by atoms with E-state index in [9.17, 15) is 14.7 Å². The molecule has 0 aromatic heterocycles. The molecule has 0 radical (unpaired) electrons. The summed E-state index contributed by atoms with van der Waals surface area (Å²) in [4.78, 5) is 25.0. The number of ether oxygens (including phenoxy) is 3. The maximum absolute atomic E-state index is 12.7. The Labute approximate surface area is 194 Å². The minimum atomic E-state index is -1.22. The number of carbonyl (C=O) groups excluding carboxylic acids is 2. The van der Waals surface area contributed by atoms with Crippen LogP contribution in [0, 0.1) is 0 Å². The predicted molar refractivity (Wildman–Crippen MR) is 123 cm³/mol. The van der Waals surface area contributed by atoms with Crippen LogP contribution in [0.2, 0.25) is 0 Å². The van der Waals surface area contributed by atoms with E-state index in [0.717, 1.165) is 11.1 Å². The fourth-order valence-electron chi connectivity index (χ4n) is 2.83. The summed E-state index contributed by atoms with van der Waals surface area (Å²) in [5.41, 5.74) is 1.07. The first-order valence-electron chi connectivity index (χ1n) is 10.8. The Bertz CT molecular complexity index is 878. The molecule has 3 N–H and O–H groups in total. The van der Waals surface area contributed by atoms with Crippen molar-refractivity contribution >= 4 is 12.1 Å². The molecular weight excluding hydrogens is 426 g/mol. The summed E-state index contributed by atoms with van der Waals surface area (Å²) in [5.74, 6) is -0.0771. The standard InChI is InChI=1S/C25H33NO7/c1-17(22(28)15-27)32-23(29)21(26-24(30)33-25(2,3)4)14-18-10-12-20(13-11-18)31-16-19-8-6-5-7-9-19/h5-13,17,21-22,27-28H,14-16H2,1-4H3,(H,26,30)/t17-,21-,22+/m0/s1. The van der Waals surface area contributed by atoms with Crippen molar-refractivity contribution in [3.05, 3.63) is 65.7 Å². The highest BCUT2D eigenvalue weighted by Gasteiger charge is 2.28. The van der Waals surface area contributed by atoms with E-state index in [4.69, 9.17) is 19.3 Å². The van der Waals surface area contributed by atoms with Crippen LogP contribution in [0.4, 0.5) is 4.79 Å². The van der Waals surface area contributed by atoms with E-state index >= 15 is 0 Å². The smallest absolute Gasteiger partial charge is 0.408 e. The van der Waals surface area contributed by atoms with Crippen LogP contribution in [0.1, 0.15) is 38.8 Å². The van der Waals surface area contributed by atoms with Crippen LogP contribution in [0.15, 0.2) is 54.6 Å². The predicted octanol–water partition coefficient (Wildman–Crippen LogP) is 2.99. The molecule has 0 aliphatic heterocycles. The number of aliphatic hydroxyl groups excluding tert-OH is 2. The van der Waals surface area contributed by atoms with Crippen LogP contribution in [-0.4, -0.2) is 52.7 Å². The summed E-state index contributed by atoms with van der Waals surface area (Å²) in [5, 5.41) is 21.3. The third-order valence-electron chi connectivity index (χ3n) is 4.62. The maximum atomic E-state index is 12.7. The number of benzene rings is 2. The Morgan fingerprint density at radius 1 is 1.00 bits per heavy atom. The van der Waals surface area contributed by atoms with E-state index in [1.54, 1.807) is 45.0 Å². The molecule has 2 aromatic carbocycles. The second kappa shape index (κ2) is 12.2. The lowest BCUT2D eigenvalue weighted by Gasteiger charge is -2.25. The Morgan fingerprint density at radius 3 is 2.21 bits per heavy atom. The Morgan fingerprint density at radius 2 is 1.64 bits per heavy atom. The number of nitrogens with one attached hydrogen (secondary N) is 1. The molecule has 8 nitrogen and oxygen atoms in total. The topological polar surface area (TPSA) is 114 Å². The third-order valence-corrected chi connectivity index (χ3v) is 4.62. The van der Waals surface area contributed by atoms with Crippen LogP contribution in [0.3, 0.4) is 0 Å². The number of hydrogen-bond acceptors (Lipinski definition) is 7. The van der Waals surface area contributed by atoms with Gasteiger partial charge in [-0.1, -0.05) is 42.5 Å². The molecule has 0 saturated heterocycles. The van der Waals surface area contributed by atoms with Gasteiger partial charge < -0.3 is 29.7 Å². The molecule has 1 amide bonds. The molecular formula is C25H33NO7. The van der Waals surface area contributed by atoms with Crippen molar-refractivity contribution in [2.75, 3.05) is 6.61 Å². The quantitative estimate of drug-likeness (QED) is 0.468. The van der Waals surface area contributed by atoms with Crippen molar-refractivity contribution in [2.45, 2.75) is 64.6 Å². The Hall–Kier alpha value is -3.10. The summed E-state index contributed by atoms with van der Waals surface area (Å²) >= 11 is 0. The molecule has 0 heterocycles. The van der Waals surface area contributed by atoms with Crippen molar-refractivity contribution in [3.8, 4) is 5.75 Å². The summed E-state index contributed by atoms with van der Waals surface area (Å²) in [6, 6.07) is 15.9. The second-order valence-corrected chi connectivity index (χ2v) is 8.71. The molecule has 180 valence electrons. The van der Waals surface area contributed by atoms with Gasteiger partial charge in [0.25, 0.3) is 0 Å². The first-order valence-corrected chi connectivity index (χ1v) is 10.8. The normalized spacial score (nSPS) is 14.0. The molecule has 0 bridgehead atoms. The van der Waals surface area contributed by atoms with E-state index in [1.807, 2.05) is 30.3 Å². The highest BCUT2D eigenvalue weighted by atomic mass is 16.6. The minimum absolute atomic E-state index is 0.138. The number of carbonyl (C=O) groups is 2. The van der Waals surface area contributed by atoms with Crippen molar-refractivity contribution < 1.29 is 34.0 Å². The zero-order valence-corrected chi connectivity index (χ0v) is 19.5. The van der Waals surface area contributed by atoms with Gasteiger partial charge in [0, 0.05) is 6.42 Å². The second-order valence-electron chi connectivity index (χ2n) is 8.71. The molecule has 0 aliphatic rings. The van der Waals surface area contributed by atoms with E-state index in [1.165, 1.54) is 6.92 Å². The molecule has 0 unspecified atom stereocenters. The molecule has 3 atom stereocenters. The Kier molecular flexibility index (Phi) is 9.69. The van der Waals surface area contributed by atoms with Gasteiger partial charge in [0.2, 0.25) is 0 Å². The number of amides is 1. The number of esters is 1. The van der Waals surface area contributed by atoms with Crippen LogP contribution >= 0.6 is 0 Å². The van der Waals surface area contributed by atoms with Crippen LogP contribution < -0.4 is 10.1 Å². The largest absolute Gasteiger partial charge is 0.489 e. The fraction of sp³-hybridized carbons (Fsp3) is 0.440. The van der Waals surface area contributed by atoms with Gasteiger partial charge in [-0.2, -0.15) is 0 Å². The Balaban J connectivity index is 2.05. The van der Waals surface area contributed by atoms with Gasteiger partial charge in [-0.3, -0.25) is 0 Å². The lowest BCUT2D eigenvalue weighted by atomic mass is 10.1. The van der Waals surface area contributed by atoms with Crippen LogP contribution in [-0.2, 0) is 27.3 Å². The van der Waals surface area contributed by atoms with Crippen molar-refractivity contribution in [1.82, 2.24) is 5.32 Å². The number of aliphatic hydroxyl groups is 2. The van der Waals surface area contributed by atoms with Crippen molar-refractivity contribution in [2.24, 2.45) is 0 Å². The first-order chi connectivity index (χ1) is 15.6. The molecule has 0 saturated carbocycles. The maximum Gasteiger partial charge on any atom is 0.408 e. The van der Waals surface area contributed by atoms with Gasteiger partial charge in [0.05, 0.1) is 6.61 Å². The van der Waals surface area contributed by atoms with Gasteiger partial charge in [-0.15, -0.1) is 0 Å². The molecule has 8 heteroatoms. The van der Waals surface area contributed by atoms with E-state index in [-0.39, 0.29) is 6.42 Å². The summed E-state index contributed by atoms with van der Waals surface area (Å²) in [7, 11) is 0. The SMILES string of the molecule is C[C@H](OC(=O)[C@H](Cc1ccc(OCc2ccccc2)cc1)NC(=O)OC(C)(C)C)[C@H](O)CO. The van der Waals surface area contributed by atoms with E-state index in [0.29, 0.717) is 12.4 Å². The summed E-state index contributed by atoms with van der Waals surface area (Å²) in [6.45, 7) is 6.49.